The van der Waals surface area contributed by atoms with Crippen LogP contribution in [0.4, 0.5) is 5.69 Å². The molecule has 0 saturated heterocycles. The van der Waals surface area contributed by atoms with E-state index < -0.39 is 0 Å². The van der Waals surface area contributed by atoms with Crippen molar-refractivity contribution in [3.8, 4) is 11.5 Å². The predicted octanol–water partition coefficient (Wildman–Crippen LogP) is 3.63. The molecule has 1 amide bonds. The molecule has 7 heteroatoms. The van der Waals surface area contributed by atoms with Crippen molar-refractivity contribution in [2.24, 2.45) is 0 Å². The standard InChI is InChI=1S/C17H17ClN2O3S/c1-2-22-13-9-7-12(8-10-13)19-17(24)20-16(21)11-23-15-6-4-3-5-14(15)18/h3-10H,2,11H2,1H3,(H2,19,20,21,24). The van der Waals surface area contributed by atoms with E-state index >= 15 is 0 Å². The largest absolute Gasteiger partial charge is 0.494 e. The van der Waals surface area contributed by atoms with Gasteiger partial charge < -0.3 is 14.8 Å². The SMILES string of the molecule is CCOc1ccc(NC(=S)NC(=O)COc2ccccc2Cl)cc1. The minimum absolute atomic E-state index is 0.186. The minimum Gasteiger partial charge on any atom is -0.494 e. The number of rotatable bonds is 6. The van der Waals surface area contributed by atoms with E-state index in [1.807, 2.05) is 31.2 Å². The number of para-hydroxylation sites is 1. The first-order valence-corrected chi connectivity index (χ1v) is 8.08. The Kier molecular flexibility index (Phi) is 6.84. The maximum Gasteiger partial charge on any atom is 0.264 e. The van der Waals surface area contributed by atoms with Crippen LogP contribution >= 0.6 is 23.8 Å². The van der Waals surface area contributed by atoms with Gasteiger partial charge in [-0.1, -0.05) is 23.7 Å². The zero-order valence-electron chi connectivity index (χ0n) is 13.0. The first-order chi connectivity index (χ1) is 11.6. The average molecular weight is 365 g/mol. The summed E-state index contributed by atoms with van der Waals surface area (Å²) in [5.74, 6) is 0.837. The summed E-state index contributed by atoms with van der Waals surface area (Å²) in [5.41, 5.74) is 0.746. The van der Waals surface area contributed by atoms with E-state index in [2.05, 4.69) is 10.6 Å². The van der Waals surface area contributed by atoms with Gasteiger partial charge in [-0.3, -0.25) is 10.1 Å². The van der Waals surface area contributed by atoms with E-state index in [0.29, 0.717) is 17.4 Å². The van der Waals surface area contributed by atoms with Crippen LogP contribution in [0.25, 0.3) is 0 Å². The van der Waals surface area contributed by atoms with Gasteiger partial charge in [0.05, 0.1) is 11.6 Å². The number of ether oxygens (including phenoxy) is 2. The molecule has 5 nitrogen and oxygen atoms in total. The Morgan fingerprint density at radius 1 is 1.12 bits per heavy atom. The topological polar surface area (TPSA) is 59.6 Å². The van der Waals surface area contributed by atoms with Crippen molar-refractivity contribution in [2.75, 3.05) is 18.5 Å². The molecule has 2 N–H and O–H groups in total. The molecule has 0 fully saturated rings. The van der Waals surface area contributed by atoms with Gasteiger partial charge >= 0.3 is 0 Å². The molecule has 0 aliphatic heterocycles. The third-order valence-electron chi connectivity index (χ3n) is 2.87. The van der Waals surface area contributed by atoms with Crippen molar-refractivity contribution in [1.29, 1.82) is 0 Å². The molecule has 0 aliphatic carbocycles. The fourth-order valence-electron chi connectivity index (χ4n) is 1.83. The minimum atomic E-state index is -0.377. The summed E-state index contributed by atoms with van der Waals surface area (Å²) < 4.78 is 10.7. The molecule has 0 radical (unpaired) electrons. The van der Waals surface area contributed by atoms with Gasteiger partial charge in [0.15, 0.2) is 11.7 Å². The Balaban J connectivity index is 1.79. The molecule has 0 atom stereocenters. The van der Waals surface area contributed by atoms with Crippen molar-refractivity contribution in [3.63, 3.8) is 0 Å². The fraction of sp³-hybridized carbons (Fsp3) is 0.176. The summed E-state index contributed by atoms with van der Waals surface area (Å²) >= 11 is 11.0. The van der Waals surface area contributed by atoms with Gasteiger partial charge in [-0.25, -0.2) is 0 Å². The Hall–Kier alpha value is -2.31. The van der Waals surface area contributed by atoms with Crippen LogP contribution in [-0.2, 0) is 4.79 Å². The molecule has 0 heterocycles. The van der Waals surface area contributed by atoms with Crippen LogP contribution in [0, 0.1) is 0 Å². The van der Waals surface area contributed by atoms with Crippen LogP contribution in [-0.4, -0.2) is 24.2 Å². The van der Waals surface area contributed by atoms with E-state index in [1.54, 1.807) is 24.3 Å². The van der Waals surface area contributed by atoms with Crippen LogP contribution in [0.3, 0.4) is 0 Å². The molecular weight excluding hydrogens is 348 g/mol. The lowest BCUT2D eigenvalue weighted by atomic mass is 10.3. The molecule has 0 bridgehead atoms. The monoisotopic (exact) mass is 364 g/mol. The molecule has 2 aromatic rings. The lowest BCUT2D eigenvalue weighted by molar-refractivity contribution is -0.121. The van der Waals surface area contributed by atoms with Crippen molar-refractivity contribution in [3.05, 3.63) is 53.6 Å². The lowest BCUT2D eigenvalue weighted by Gasteiger charge is -2.11. The zero-order chi connectivity index (χ0) is 17.4. The maximum atomic E-state index is 11.8. The van der Waals surface area contributed by atoms with E-state index in [9.17, 15) is 4.79 Å². The molecule has 0 spiro atoms. The molecule has 2 aromatic carbocycles. The zero-order valence-corrected chi connectivity index (χ0v) is 14.6. The normalized spacial score (nSPS) is 9.92. The molecule has 24 heavy (non-hydrogen) atoms. The van der Waals surface area contributed by atoms with Gasteiger partial charge in [-0.2, -0.15) is 0 Å². The van der Waals surface area contributed by atoms with E-state index in [-0.39, 0.29) is 17.6 Å². The van der Waals surface area contributed by atoms with Crippen LogP contribution < -0.4 is 20.1 Å². The Morgan fingerprint density at radius 2 is 1.83 bits per heavy atom. The number of amides is 1. The molecule has 2 rings (SSSR count). The Bertz CT molecular complexity index is 707. The van der Waals surface area contributed by atoms with Gasteiger partial charge in [-0.05, 0) is 55.5 Å². The molecule has 126 valence electrons. The highest BCUT2D eigenvalue weighted by atomic mass is 35.5. The van der Waals surface area contributed by atoms with E-state index in [4.69, 9.17) is 33.3 Å². The molecule has 0 saturated carbocycles. The van der Waals surface area contributed by atoms with Crippen molar-refractivity contribution in [1.82, 2.24) is 5.32 Å². The Labute approximate surface area is 150 Å². The van der Waals surface area contributed by atoms with Gasteiger partial charge in [0, 0.05) is 5.69 Å². The highest BCUT2D eigenvalue weighted by molar-refractivity contribution is 7.80. The highest BCUT2D eigenvalue weighted by Gasteiger charge is 2.07. The fourth-order valence-corrected chi connectivity index (χ4v) is 2.25. The summed E-state index contributed by atoms with van der Waals surface area (Å²) in [6.45, 7) is 2.34. The first kappa shape index (κ1) is 18.0. The number of hydrogen-bond donors (Lipinski definition) is 2. The molecule has 0 aromatic heterocycles. The summed E-state index contributed by atoms with van der Waals surface area (Å²) in [6, 6.07) is 14.2. The summed E-state index contributed by atoms with van der Waals surface area (Å²) in [6.07, 6.45) is 0. The summed E-state index contributed by atoms with van der Waals surface area (Å²) in [5, 5.41) is 6.09. The maximum absolute atomic E-state index is 11.8. The lowest BCUT2D eigenvalue weighted by Crippen LogP contribution is -2.37. The second kappa shape index (κ2) is 9.10. The van der Waals surface area contributed by atoms with Crippen molar-refractivity contribution in [2.45, 2.75) is 6.92 Å². The van der Waals surface area contributed by atoms with Gasteiger partial charge in [0.2, 0.25) is 0 Å². The second-order valence-electron chi connectivity index (χ2n) is 4.68. The van der Waals surface area contributed by atoms with E-state index in [0.717, 1.165) is 11.4 Å². The highest BCUT2D eigenvalue weighted by Crippen LogP contribution is 2.22. The number of hydrogen-bond acceptors (Lipinski definition) is 4. The number of anilines is 1. The third-order valence-corrected chi connectivity index (χ3v) is 3.39. The first-order valence-electron chi connectivity index (χ1n) is 7.29. The molecule has 0 unspecified atom stereocenters. The summed E-state index contributed by atoms with van der Waals surface area (Å²) in [4.78, 5) is 11.8. The number of halogens is 1. The van der Waals surface area contributed by atoms with Crippen LogP contribution in [0.2, 0.25) is 5.02 Å². The predicted molar refractivity (Wildman–Crippen MR) is 98.9 cm³/mol. The number of carbonyl (C=O) groups excluding carboxylic acids is 1. The van der Waals surface area contributed by atoms with Crippen molar-refractivity contribution < 1.29 is 14.3 Å². The van der Waals surface area contributed by atoms with Crippen LogP contribution in [0.15, 0.2) is 48.5 Å². The number of benzene rings is 2. The summed E-state index contributed by atoms with van der Waals surface area (Å²) in [7, 11) is 0. The second-order valence-corrected chi connectivity index (χ2v) is 5.49. The van der Waals surface area contributed by atoms with Gasteiger partial charge in [-0.15, -0.1) is 0 Å². The number of thiocarbonyl (C=S) groups is 1. The molecule has 0 aliphatic rings. The third kappa shape index (κ3) is 5.72. The van der Waals surface area contributed by atoms with Gasteiger partial charge in [0.1, 0.15) is 11.5 Å². The van der Waals surface area contributed by atoms with Crippen LogP contribution in [0.1, 0.15) is 6.92 Å². The van der Waals surface area contributed by atoms with E-state index in [1.165, 1.54) is 0 Å². The quantitative estimate of drug-likeness (QED) is 0.766. The number of carbonyl (C=O) groups is 1. The van der Waals surface area contributed by atoms with Crippen molar-refractivity contribution >= 4 is 40.5 Å². The average Bonchev–Trinajstić information content (AvgIpc) is 2.56. The number of nitrogens with one attached hydrogen (secondary N) is 2. The molecular formula is C17H17ClN2O3S. The Morgan fingerprint density at radius 3 is 2.50 bits per heavy atom. The van der Waals surface area contributed by atoms with Gasteiger partial charge in [0.25, 0.3) is 5.91 Å². The smallest absolute Gasteiger partial charge is 0.264 e. The van der Waals surface area contributed by atoms with Crippen LogP contribution in [0.5, 0.6) is 11.5 Å².